The van der Waals surface area contributed by atoms with Gasteiger partial charge in [0, 0.05) is 5.69 Å². The Balaban J connectivity index is 0.000000569. The summed E-state index contributed by atoms with van der Waals surface area (Å²) in [6.45, 7) is 5.08. The molecule has 0 saturated carbocycles. The minimum absolute atomic E-state index is 0.118. The van der Waals surface area contributed by atoms with Crippen LogP contribution in [0.2, 0.25) is 0 Å². The quantitative estimate of drug-likeness (QED) is 0.409. The minimum atomic E-state index is -4.73. The highest BCUT2D eigenvalue weighted by Gasteiger charge is 2.32. The van der Waals surface area contributed by atoms with Crippen LogP contribution in [0.15, 0.2) is 63.4 Å². The highest BCUT2D eigenvalue weighted by atomic mass is 32.3. The van der Waals surface area contributed by atoms with E-state index < -0.39 is 30.9 Å². The van der Waals surface area contributed by atoms with Gasteiger partial charge in [-0.15, -0.1) is 3.89 Å². The van der Waals surface area contributed by atoms with E-state index in [-0.39, 0.29) is 17.7 Å². The predicted octanol–water partition coefficient (Wildman–Crippen LogP) is 2.22. The number of guanidine groups is 2. The monoisotopic (exact) mass is 501 g/mol. The van der Waals surface area contributed by atoms with Crippen LogP contribution in [0.1, 0.15) is 20.8 Å². The van der Waals surface area contributed by atoms with Crippen LogP contribution >= 0.6 is 0 Å². The fourth-order valence-corrected chi connectivity index (χ4v) is 3.18. The van der Waals surface area contributed by atoms with E-state index in [0.29, 0.717) is 11.5 Å². The molecule has 0 saturated heterocycles. The number of nitrogens with two attached hydrogens (primary N) is 2. The third kappa shape index (κ3) is 7.40. The van der Waals surface area contributed by atoms with Crippen molar-refractivity contribution in [3.05, 3.63) is 48.5 Å². The minimum Gasteiger partial charge on any atom is -0.457 e. The molecule has 5 N–H and O–H groups in total. The first-order chi connectivity index (χ1) is 15.1. The second-order valence-electron chi connectivity index (χ2n) is 7.15. The van der Waals surface area contributed by atoms with Crippen LogP contribution in [0, 0.1) is 0 Å². The van der Waals surface area contributed by atoms with Gasteiger partial charge < -0.3 is 16.2 Å². The number of halogens is 1. The Hall–Kier alpha value is -3.23. The van der Waals surface area contributed by atoms with E-state index in [1.807, 2.05) is 13.8 Å². The first-order valence-corrected chi connectivity index (χ1v) is 12.4. The van der Waals surface area contributed by atoms with E-state index in [0.717, 1.165) is 17.8 Å². The molecular formula is C19H24FN5O6S2. The summed E-state index contributed by atoms with van der Waals surface area (Å²) < 4.78 is 67.1. The number of hydrogen-bond acceptors (Lipinski definition) is 10. The molecule has 3 rings (SSSR count). The third-order valence-corrected chi connectivity index (χ3v) is 5.76. The third-order valence-electron chi connectivity index (χ3n) is 4.19. The lowest BCUT2D eigenvalue weighted by Crippen LogP contribution is -2.54. The summed E-state index contributed by atoms with van der Waals surface area (Å²) in [5.74, 6) is 1.01. The molecule has 11 nitrogen and oxygen atoms in total. The van der Waals surface area contributed by atoms with Crippen molar-refractivity contribution in [3.63, 3.8) is 0 Å². The first kappa shape index (κ1) is 26.0. The molecule has 180 valence electrons. The molecule has 0 aliphatic carbocycles. The molecule has 2 aromatic rings. The highest BCUT2D eigenvalue weighted by molar-refractivity contribution is 7.86. The van der Waals surface area contributed by atoms with Crippen molar-refractivity contribution in [1.82, 2.24) is 0 Å². The van der Waals surface area contributed by atoms with Gasteiger partial charge in [0.25, 0.3) is 10.1 Å². The SMILES string of the molecule is CC1(C)N=C(N)N=C(N)N1c1ccc(Oc2ccc(S(=O)(=O)F)cc2)cc1.CCS(=O)(=O)O. The number of benzene rings is 2. The topological polar surface area (TPSA) is 178 Å². The Labute approximate surface area is 191 Å². The van der Waals surface area contributed by atoms with Crippen molar-refractivity contribution >= 4 is 37.9 Å². The van der Waals surface area contributed by atoms with Gasteiger partial charge in [-0.2, -0.15) is 21.8 Å². The van der Waals surface area contributed by atoms with Crippen molar-refractivity contribution in [1.29, 1.82) is 0 Å². The Bertz CT molecular complexity index is 1260. The summed E-state index contributed by atoms with van der Waals surface area (Å²) in [4.78, 5) is 9.58. The van der Waals surface area contributed by atoms with E-state index in [2.05, 4.69) is 9.98 Å². The summed E-state index contributed by atoms with van der Waals surface area (Å²) in [6.07, 6.45) is 0. The summed E-state index contributed by atoms with van der Waals surface area (Å²) in [7, 11) is -8.40. The molecule has 0 amide bonds. The van der Waals surface area contributed by atoms with Crippen LogP contribution in [-0.4, -0.2) is 44.7 Å². The smallest absolute Gasteiger partial charge is 0.332 e. The van der Waals surface area contributed by atoms with Crippen LogP contribution in [0.3, 0.4) is 0 Å². The number of hydrogen-bond donors (Lipinski definition) is 3. The Kier molecular flexibility index (Phi) is 7.67. The predicted molar refractivity (Wildman–Crippen MR) is 123 cm³/mol. The number of aliphatic imine (C=N–C) groups is 2. The van der Waals surface area contributed by atoms with E-state index in [1.165, 1.54) is 19.1 Å². The molecule has 0 aromatic heterocycles. The van der Waals surface area contributed by atoms with Gasteiger partial charge in [0.1, 0.15) is 17.2 Å². The van der Waals surface area contributed by atoms with Gasteiger partial charge in [0.15, 0.2) is 0 Å². The number of anilines is 1. The van der Waals surface area contributed by atoms with Crippen LogP contribution in [-0.2, 0) is 20.3 Å². The maximum Gasteiger partial charge on any atom is 0.332 e. The lowest BCUT2D eigenvalue weighted by Gasteiger charge is -2.38. The van der Waals surface area contributed by atoms with Crippen LogP contribution < -0.4 is 21.1 Å². The molecule has 1 aliphatic rings. The zero-order valence-electron chi connectivity index (χ0n) is 18.0. The van der Waals surface area contributed by atoms with Gasteiger partial charge in [0.05, 0.1) is 10.6 Å². The normalized spacial score (nSPS) is 15.6. The van der Waals surface area contributed by atoms with E-state index in [1.54, 1.807) is 29.2 Å². The molecule has 33 heavy (non-hydrogen) atoms. The van der Waals surface area contributed by atoms with Crippen molar-refractivity contribution in [2.45, 2.75) is 31.3 Å². The lowest BCUT2D eigenvalue weighted by molar-refractivity contribution is 0.481. The van der Waals surface area contributed by atoms with Gasteiger partial charge in [0.2, 0.25) is 11.9 Å². The summed E-state index contributed by atoms with van der Waals surface area (Å²) in [6, 6.07) is 12.0. The molecular weight excluding hydrogens is 477 g/mol. The second kappa shape index (κ2) is 9.72. The van der Waals surface area contributed by atoms with E-state index >= 15 is 0 Å². The fourth-order valence-electron chi connectivity index (χ4n) is 2.72. The molecule has 1 aliphatic heterocycles. The van der Waals surface area contributed by atoms with Crippen LogP contribution in [0.25, 0.3) is 0 Å². The van der Waals surface area contributed by atoms with Gasteiger partial charge in [-0.3, -0.25) is 9.45 Å². The van der Waals surface area contributed by atoms with Crippen LogP contribution in [0.5, 0.6) is 11.5 Å². The molecule has 0 bridgehead atoms. The highest BCUT2D eigenvalue weighted by Crippen LogP contribution is 2.30. The van der Waals surface area contributed by atoms with Gasteiger partial charge in [-0.25, -0.2) is 4.99 Å². The molecule has 0 fully saturated rings. The van der Waals surface area contributed by atoms with E-state index in [4.69, 9.17) is 20.8 Å². The van der Waals surface area contributed by atoms with Gasteiger partial charge in [-0.05, 0) is 69.3 Å². The van der Waals surface area contributed by atoms with Crippen molar-refractivity contribution in [2.24, 2.45) is 21.5 Å². The molecule has 0 atom stereocenters. The Morgan fingerprint density at radius 2 is 1.45 bits per heavy atom. The largest absolute Gasteiger partial charge is 0.457 e. The summed E-state index contributed by atoms with van der Waals surface area (Å²) >= 11 is 0. The molecule has 0 unspecified atom stereocenters. The zero-order valence-corrected chi connectivity index (χ0v) is 19.6. The maximum atomic E-state index is 12.9. The van der Waals surface area contributed by atoms with Gasteiger partial charge >= 0.3 is 10.2 Å². The van der Waals surface area contributed by atoms with Crippen molar-refractivity contribution in [2.75, 3.05) is 10.7 Å². The Morgan fingerprint density at radius 3 is 1.85 bits per heavy atom. The summed E-state index contributed by atoms with van der Waals surface area (Å²) in [5.41, 5.74) is 11.7. The standard InChI is InChI=1S/C17H18FN5O3S.C2H6O3S/c1-17(2)22-15(19)21-16(20)23(17)11-3-5-12(6-4-11)26-13-7-9-14(10-8-13)27(18,24)25;1-2-6(3,4)5/h3-10H,1-2H3,(H4,19,20,21,22);2H2,1H3,(H,3,4,5). The van der Waals surface area contributed by atoms with Crippen molar-refractivity contribution in [3.8, 4) is 11.5 Å². The zero-order chi connectivity index (χ0) is 25.0. The number of ether oxygens (including phenoxy) is 1. The molecule has 0 spiro atoms. The average molecular weight is 502 g/mol. The maximum absolute atomic E-state index is 12.9. The molecule has 2 aromatic carbocycles. The first-order valence-electron chi connectivity index (χ1n) is 9.40. The summed E-state index contributed by atoms with van der Waals surface area (Å²) in [5, 5.41) is 0. The van der Waals surface area contributed by atoms with E-state index in [9.17, 15) is 20.7 Å². The van der Waals surface area contributed by atoms with Crippen molar-refractivity contribution < 1.29 is 30.0 Å². The lowest BCUT2D eigenvalue weighted by atomic mass is 10.1. The molecule has 0 radical (unpaired) electrons. The van der Waals surface area contributed by atoms with Gasteiger partial charge in [-0.1, -0.05) is 0 Å². The molecule has 14 heteroatoms. The fraction of sp³-hybridized carbons (Fsp3) is 0.263. The second-order valence-corrected chi connectivity index (χ2v) is 10.2. The Morgan fingerprint density at radius 1 is 1.00 bits per heavy atom. The molecule has 1 heterocycles. The number of rotatable bonds is 5. The number of nitrogens with zero attached hydrogens (tertiary/aromatic N) is 3. The average Bonchev–Trinajstić information content (AvgIpc) is 2.67. The van der Waals surface area contributed by atoms with Crippen LogP contribution in [0.4, 0.5) is 9.57 Å².